The van der Waals surface area contributed by atoms with E-state index in [0.717, 1.165) is 11.1 Å². The van der Waals surface area contributed by atoms with E-state index < -0.39 is 17.8 Å². The smallest absolute Gasteiger partial charge is 0.251 e. The minimum Gasteiger partial charge on any atom is -0.325 e. The van der Waals surface area contributed by atoms with Gasteiger partial charge in [0.25, 0.3) is 5.56 Å². The summed E-state index contributed by atoms with van der Waals surface area (Å²) >= 11 is 0. The number of nitrogens with one attached hydrogen (secondary N) is 2. The highest BCUT2D eigenvalue weighted by Gasteiger charge is 2.28. The van der Waals surface area contributed by atoms with Gasteiger partial charge in [-0.1, -0.05) is 60.7 Å². The molecule has 0 saturated heterocycles. The summed E-state index contributed by atoms with van der Waals surface area (Å²) in [5.74, 6) is -1.43. The minimum absolute atomic E-state index is 0. The standard InChI is InChI=1S/C25H21FN4O2.ClH/c26-20-13-18(11-12-19(20)21-14-22(31)29-15-28-21)30-25(32)24(27)23(16-7-3-1-4-8-16)17-9-5-2-6-10-17;/h1-15,23-24H,27H2,(H,30,32)(H,28,29,31);1H/t24-;/m0./s1. The Kier molecular flexibility index (Phi) is 7.71. The number of rotatable bonds is 6. The third kappa shape index (κ3) is 5.52. The van der Waals surface area contributed by atoms with Crippen molar-refractivity contribution in [2.24, 2.45) is 5.73 Å². The van der Waals surface area contributed by atoms with E-state index in [1.807, 2.05) is 60.7 Å². The van der Waals surface area contributed by atoms with Crippen LogP contribution in [0.25, 0.3) is 11.3 Å². The Morgan fingerprint density at radius 2 is 1.55 bits per heavy atom. The summed E-state index contributed by atoms with van der Waals surface area (Å²) in [7, 11) is 0. The molecular weight excluding hydrogens is 443 g/mol. The molecule has 168 valence electrons. The van der Waals surface area contributed by atoms with E-state index in [-0.39, 0.29) is 40.8 Å². The molecule has 0 bridgehead atoms. The number of nitrogens with two attached hydrogens (primary N) is 1. The molecule has 4 rings (SSSR count). The first-order valence-electron chi connectivity index (χ1n) is 10.0. The van der Waals surface area contributed by atoms with Crippen LogP contribution in [0.15, 0.2) is 96.1 Å². The van der Waals surface area contributed by atoms with Crippen molar-refractivity contribution in [2.75, 3.05) is 5.32 Å². The maximum Gasteiger partial charge on any atom is 0.251 e. The molecule has 8 heteroatoms. The third-order valence-corrected chi connectivity index (χ3v) is 5.17. The highest BCUT2D eigenvalue weighted by molar-refractivity contribution is 5.96. The Morgan fingerprint density at radius 1 is 0.939 bits per heavy atom. The highest BCUT2D eigenvalue weighted by Crippen LogP contribution is 2.28. The zero-order valence-electron chi connectivity index (χ0n) is 17.4. The van der Waals surface area contributed by atoms with Gasteiger partial charge < -0.3 is 16.0 Å². The monoisotopic (exact) mass is 464 g/mol. The van der Waals surface area contributed by atoms with Gasteiger partial charge in [0.2, 0.25) is 5.91 Å². The van der Waals surface area contributed by atoms with Gasteiger partial charge in [-0.05, 0) is 29.3 Å². The van der Waals surface area contributed by atoms with Crippen LogP contribution in [0.4, 0.5) is 10.1 Å². The average Bonchev–Trinajstić information content (AvgIpc) is 2.80. The van der Waals surface area contributed by atoms with Gasteiger partial charge in [-0.15, -0.1) is 12.4 Å². The van der Waals surface area contributed by atoms with Crippen LogP contribution in [0.2, 0.25) is 0 Å². The lowest BCUT2D eigenvalue weighted by Crippen LogP contribution is -2.41. The van der Waals surface area contributed by atoms with E-state index in [2.05, 4.69) is 15.3 Å². The molecule has 0 aliphatic rings. The number of aromatic nitrogens is 2. The molecule has 0 saturated carbocycles. The summed E-state index contributed by atoms with van der Waals surface area (Å²) in [5, 5.41) is 2.70. The summed E-state index contributed by atoms with van der Waals surface area (Å²) in [5.41, 5.74) is 8.44. The van der Waals surface area contributed by atoms with E-state index >= 15 is 0 Å². The summed E-state index contributed by atoms with van der Waals surface area (Å²) in [6, 6.07) is 23.6. The van der Waals surface area contributed by atoms with Gasteiger partial charge in [0.15, 0.2) is 0 Å². The summed E-state index contributed by atoms with van der Waals surface area (Å²) in [4.78, 5) is 30.8. The first-order valence-corrected chi connectivity index (χ1v) is 10.0. The molecule has 1 heterocycles. The van der Waals surface area contributed by atoms with Crippen LogP contribution >= 0.6 is 12.4 Å². The maximum atomic E-state index is 14.7. The first-order chi connectivity index (χ1) is 15.5. The Labute approximate surface area is 196 Å². The van der Waals surface area contributed by atoms with Crippen molar-refractivity contribution in [1.82, 2.24) is 9.97 Å². The molecule has 4 aromatic rings. The van der Waals surface area contributed by atoms with Crippen LogP contribution in [-0.4, -0.2) is 21.9 Å². The lowest BCUT2D eigenvalue weighted by molar-refractivity contribution is -0.117. The van der Waals surface area contributed by atoms with E-state index in [4.69, 9.17) is 5.73 Å². The van der Waals surface area contributed by atoms with Crippen LogP contribution in [0, 0.1) is 5.82 Å². The molecule has 6 nitrogen and oxygen atoms in total. The van der Waals surface area contributed by atoms with Crippen LogP contribution in [0.1, 0.15) is 17.0 Å². The summed E-state index contributed by atoms with van der Waals surface area (Å²) in [6.45, 7) is 0. The van der Waals surface area contributed by atoms with Crippen molar-refractivity contribution in [2.45, 2.75) is 12.0 Å². The number of benzene rings is 3. The normalized spacial score (nSPS) is 11.5. The number of halogens is 2. The molecule has 0 unspecified atom stereocenters. The van der Waals surface area contributed by atoms with Gasteiger partial charge in [-0.3, -0.25) is 9.59 Å². The molecule has 0 aliphatic heterocycles. The Hall–Kier alpha value is -3.81. The quantitative estimate of drug-likeness (QED) is 0.400. The fourth-order valence-corrected chi connectivity index (χ4v) is 3.62. The fraction of sp³-hybridized carbons (Fsp3) is 0.0800. The Balaban J connectivity index is 0.00000306. The van der Waals surface area contributed by atoms with Gasteiger partial charge in [-0.25, -0.2) is 9.37 Å². The second kappa shape index (κ2) is 10.7. The number of hydrogen-bond acceptors (Lipinski definition) is 4. The fourth-order valence-electron chi connectivity index (χ4n) is 3.62. The number of anilines is 1. The molecule has 0 fully saturated rings. The highest BCUT2D eigenvalue weighted by atomic mass is 35.5. The predicted molar refractivity (Wildman–Crippen MR) is 129 cm³/mol. The van der Waals surface area contributed by atoms with E-state index in [0.29, 0.717) is 0 Å². The van der Waals surface area contributed by atoms with Gasteiger partial charge >= 0.3 is 0 Å². The maximum absolute atomic E-state index is 14.7. The van der Waals surface area contributed by atoms with Crippen molar-refractivity contribution in [3.63, 3.8) is 0 Å². The molecule has 1 amide bonds. The van der Waals surface area contributed by atoms with Gasteiger partial charge in [-0.2, -0.15) is 0 Å². The molecule has 0 aliphatic carbocycles. The molecular formula is C25H22ClFN4O2. The van der Waals surface area contributed by atoms with Crippen molar-refractivity contribution in [3.05, 3.63) is 119 Å². The van der Waals surface area contributed by atoms with Gasteiger partial charge in [0.1, 0.15) is 5.82 Å². The minimum atomic E-state index is -0.906. The number of aromatic amines is 1. The molecule has 33 heavy (non-hydrogen) atoms. The number of hydrogen-bond donors (Lipinski definition) is 3. The second-order valence-electron chi connectivity index (χ2n) is 7.31. The number of H-pyrrole nitrogens is 1. The molecule has 0 radical (unpaired) electrons. The number of amides is 1. The van der Waals surface area contributed by atoms with E-state index in [9.17, 15) is 14.0 Å². The summed E-state index contributed by atoms with van der Waals surface area (Å²) in [6.07, 6.45) is 1.21. The molecule has 0 spiro atoms. The number of carbonyl (C=O) groups excluding carboxylic acids is 1. The zero-order chi connectivity index (χ0) is 22.5. The van der Waals surface area contributed by atoms with Crippen molar-refractivity contribution >= 4 is 24.0 Å². The first kappa shape index (κ1) is 23.8. The Morgan fingerprint density at radius 3 is 2.09 bits per heavy atom. The molecule has 1 atom stereocenters. The van der Waals surface area contributed by atoms with Gasteiger partial charge in [0, 0.05) is 23.2 Å². The molecule has 4 N–H and O–H groups in total. The molecule has 1 aromatic heterocycles. The third-order valence-electron chi connectivity index (χ3n) is 5.17. The Bertz CT molecular complexity index is 1240. The lowest BCUT2D eigenvalue weighted by Gasteiger charge is -2.24. The average molecular weight is 465 g/mol. The zero-order valence-corrected chi connectivity index (χ0v) is 18.3. The molecule has 3 aromatic carbocycles. The predicted octanol–water partition coefficient (Wildman–Crippen LogP) is 4.10. The SMILES string of the molecule is Cl.N[C@H](C(=O)Nc1ccc(-c2cc(=O)[nH]cn2)c(F)c1)C(c1ccccc1)c1ccccc1. The van der Waals surface area contributed by atoms with Crippen LogP contribution in [0.5, 0.6) is 0 Å². The topological polar surface area (TPSA) is 101 Å². The van der Waals surface area contributed by atoms with Crippen LogP contribution in [0.3, 0.4) is 0 Å². The lowest BCUT2D eigenvalue weighted by atomic mass is 9.85. The van der Waals surface area contributed by atoms with E-state index in [1.165, 1.54) is 24.5 Å². The van der Waals surface area contributed by atoms with Crippen molar-refractivity contribution in [1.29, 1.82) is 0 Å². The van der Waals surface area contributed by atoms with Crippen LogP contribution < -0.4 is 16.6 Å². The van der Waals surface area contributed by atoms with Gasteiger partial charge in [0.05, 0.1) is 18.1 Å². The number of nitrogens with zero attached hydrogens (tertiary/aromatic N) is 1. The largest absolute Gasteiger partial charge is 0.325 e. The number of carbonyl (C=O) groups is 1. The van der Waals surface area contributed by atoms with Crippen LogP contribution in [-0.2, 0) is 4.79 Å². The second-order valence-corrected chi connectivity index (χ2v) is 7.31. The van der Waals surface area contributed by atoms with E-state index in [1.54, 1.807) is 6.07 Å². The van der Waals surface area contributed by atoms with Crippen molar-refractivity contribution < 1.29 is 9.18 Å². The van der Waals surface area contributed by atoms with Crippen molar-refractivity contribution in [3.8, 4) is 11.3 Å². The summed E-state index contributed by atoms with van der Waals surface area (Å²) < 4.78 is 14.7.